The SMILES string of the molecule is CC(C)(C)OC(=O)N1C2CCC1CN(c1nc(OCC3(CN4CCOCC4)CC3)nc3c(I)c(Br)c(F)cc13)C2. The van der Waals surface area contributed by atoms with Crippen molar-refractivity contribution < 1.29 is 23.4 Å². The van der Waals surface area contributed by atoms with E-state index in [2.05, 4.69) is 48.3 Å². The number of morpholine rings is 1. The van der Waals surface area contributed by atoms with Gasteiger partial charge < -0.3 is 19.1 Å². The molecule has 40 heavy (non-hydrogen) atoms. The molecule has 0 N–H and O–H groups in total. The van der Waals surface area contributed by atoms with Crippen molar-refractivity contribution in [2.24, 2.45) is 5.41 Å². The van der Waals surface area contributed by atoms with Gasteiger partial charge in [0.2, 0.25) is 0 Å². The van der Waals surface area contributed by atoms with Crippen molar-refractivity contribution in [3.63, 3.8) is 0 Å². The number of anilines is 1. The Morgan fingerprint density at radius 3 is 2.50 bits per heavy atom. The molecule has 6 rings (SSSR count). The van der Waals surface area contributed by atoms with Gasteiger partial charge in [0.15, 0.2) is 0 Å². The van der Waals surface area contributed by atoms with E-state index in [9.17, 15) is 9.18 Å². The lowest BCUT2D eigenvalue weighted by Crippen LogP contribution is -2.57. The first kappa shape index (κ1) is 28.6. The van der Waals surface area contributed by atoms with Crippen molar-refractivity contribution in [2.45, 2.75) is 64.1 Å². The van der Waals surface area contributed by atoms with E-state index in [1.807, 2.05) is 25.7 Å². The number of carbonyl (C=O) groups excluding carboxylic acids is 1. The molecule has 0 radical (unpaired) electrons. The van der Waals surface area contributed by atoms with Gasteiger partial charge >= 0.3 is 12.1 Å². The number of rotatable bonds is 6. The average molecular weight is 732 g/mol. The van der Waals surface area contributed by atoms with E-state index in [0.29, 0.717) is 50.5 Å². The van der Waals surface area contributed by atoms with Crippen molar-refractivity contribution >= 4 is 61.3 Å². The monoisotopic (exact) mass is 731 g/mol. The molecule has 4 heterocycles. The fourth-order valence-corrected chi connectivity index (χ4v) is 7.08. The fourth-order valence-electron chi connectivity index (χ4n) is 6.11. The lowest BCUT2D eigenvalue weighted by molar-refractivity contribution is 0.0123. The molecule has 1 aromatic carbocycles. The van der Waals surface area contributed by atoms with Crippen molar-refractivity contribution in [1.29, 1.82) is 0 Å². The molecule has 12 heteroatoms. The predicted octanol–water partition coefficient (Wildman–Crippen LogP) is 5.22. The Morgan fingerprint density at radius 2 is 1.88 bits per heavy atom. The van der Waals surface area contributed by atoms with Crippen LogP contribution in [0.1, 0.15) is 46.5 Å². The molecule has 4 aliphatic rings. The molecular formula is C28H36BrFIN5O4. The molecule has 1 aliphatic carbocycles. The standard InChI is InChI=1S/C28H36BrFIN5O4/c1-27(2,3)40-26(37)36-17-4-5-18(36)14-35(13-17)24-19-12-20(30)21(29)22(31)23(19)32-25(33-24)39-16-28(6-7-28)15-34-8-10-38-11-9-34/h12,17-18H,4-11,13-16H2,1-3H3. The summed E-state index contributed by atoms with van der Waals surface area (Å²) in [6.07, 6.45) is 3.77. The van der Waals surface area contributed by atoms with Gasteiger partial charge in [-0.1, -0.05) is 0 Å². The molecule has 9 nitrogen and oxygen atoms in total. The smallest absolute Gasteiger partial charge is 0.410 e. The number of fused-ring (bicyclic) bond motifs is 3. The molecule has 3 aliphatic heterocycles. The maximum atomic E-state index is 14.9. The number of aromatic nitrogens is 2. The van der Waals surface area contributed by atoms with Gasteiger partial charge in [0.05, 0.1) is 45.5 Å². The predicted molar refractivity (Wildman–Crippen MR) is 161 cm³/mol. The second-order valence-corrected chi connectivity index (χ2v) is 14.4. The van der Waals surface area contributed by atoms with Gasteiger partial charge in [-0.25, -0.2) is 9.18 Å². The quantitative estimate of drug-likeness (QED) is 0.296. The zero-order valence-corrected chi connectivity index (χ0v) is 27.0. The van der Waals surface area contributed by atoms with Crippen LogP contribution in [0.4, 0.5) is 15.0 Å². The Hall–Kier alpha value is -1.51. The molecule has 218 valence electrons. The summed E-state index contributed by atoms with van der Waals surface area (Å²) in [5, 5.41) is 0.650. The van der Waals surface area contributed by atoms with E-state index in [1.54, 1.807) is 0 Å². The molecule has 1 aromatic heterocycles. The second kappa shape index (κ2) is 11.0. The van der Waals surface area contributed by atoms with Gasteiger partial charge in [-0.2, -0.15) is 9.97 Å². The molecule has 2 unspecified atom stereocenters. The number of carbonyl (C=O) groups is 1. The summed E-state index contributed by atoms with van der Waals surface area (Å²) in [6.45, 7) is 11.8. The van der Waals surface area contributed by atoms with Gasteiger partial charge in [0.25, 0.3) is 0 Å². The van der Waals surface area contributed by atoms with Crippen LogP contribution >= 0.6 is 38.5 Å². The number of benzene rings is 1. The lowest BCUT2D eigenvalue weighted by Gasteiger charge is -2.42. The van der Waals surface area contributed by atoms with Gasteiger partial charge in [-0.3, -0.25) is 9.80 Å². The highest BCUT2D eigenvalue weighted by Crippen LogP contribution is 2.47. The second-order valence-electron chi connectivity index (χ2n) is 12.6. The highest BCUT2D eigenvalue weighted by Gasteiger charge is 2.46. The van der Waals surface area contributed by atoms with Gasteiger partial charge in [0.1, 0.15) is 17.2 Å². The molecule has 2 aromatic rings. The Morgan fingerprint density at radius 1 is 1.20 bits per heavy atom. The summed E-state index contributed by atoms with van der Waals surface area (Å²) in [5.74, 6) is 0.302. The zero-order chi connectivity index (χ0) is 28.2. The molecule has 1 amide bonds. The number of piperazine rings is 1. The Bertz CT molecular complexity index is 1290. The van der Waals surface area contributed by atoms with Crippen LogP contribution in [0, 0.1) is 14.8 Å². The van der Waals surface area contributed by atoms with E-state index in [1.165, 1.54) is 6.07 Å². The van der Waals surface area contributed by atoms with Crippen LogP contribution in [-0.4, -0.2) is 96.1 Å². The summed E-state index contributed by atoms with van der Waals surface area (Å²) >= 11 is 5.52. The summed E-state index contributed by atoms with van der Waals surface area (Å²) in [7, 11) is 0. The fraction of sp³-hybridized carbons (Fsp3) is 0.679. The van der Waals surface area contributed by atoms with Crippen molar-refractivity contribution in [3.05, 3.63) is 19.9 Å². The van der Waals surface area contributed by atoms with Crippen molar-refractivity contribution in [2.75, 3.05) is 57.4 Å². The molecular weight excluding hydrogens is 696 g/mol. The van der Waals surface area contributed by atoms with Crippen LogP contribution in [0.3, 0.4) is 0 Å². The van der Waals surface area contributed by atoms with E-state index >= 15 is 0 Å². The summed E-state index contributed by atoms with van der Waals surface area (Å²) < 4.78 is 33.6. The first-order valence-corrected chi connectivity index (χ1v) is 15.9. The molecule has 0 spiro atoms. The Balaban J connectivity index is 1.26. The molecule has 3 saturated heterocycles. The molecule has 2 bridgehead atoms. The third-order valence-electron chi connectivity index (χ3n) is 8.30. The van der Waals surface area contributed by atoms with E-state index in [-0.39, 0.29) is 29.4 Å². The molecule has 4 fully saturated rings. The normalized spacial score (nSPS) is 24.4. The van der Waals surface area contributed by atoms with Crippen molar-refractivity contribution in [3.8, 4) is 6.01 Å². The van der Waals surface area contributed by atoms with Crippen molar-refractivity contribution in [1.82, 2.24) is 19.8 Å². The minimum atomic E-state index is -0.551. The van der Waals surface area contributed by atoms with Gasteiger partial charge in [0, 0.05) is 43.5 Å². The van der Waals surface area contributed by atoms with Crippen LogP contribution in [0.2, 0.25) is 0 Å². The van der Waals surface area contributed by atoms with E-state index in [0.717, 1.165) is 58.5 Å². The minimum Gasteiger partial charge on any atom is -0.463 e. The third-order valence-corrected chi connectivity index (χ3v) is 10.9. The van der Waals surface area contributed by atoms with Crippen LogP contribution in [0.25, 0.3) is 10.9 Å². The zero-order valence-electron chi connectivity index (χ0n) is 23.2. The lowest BCUT2D eigenvalue weighted by atomic mass is 10.1. The topological polar surface area (TPSA) is 80.3 Å². The minimum absolute atomic E-state index is 0.00519. The Kier molecular flexibility index (Phi) is 7.84. The number of nitrogens with zero attached hydrogens (tertiary/aromatic N) is 5. The number of hydrogen-bond acceptors (Lipinski definition) is 8. The summed E-state index contributed by atoms with van der Waals surface area (Å²) in [6, 6.07) is 1.83. The first-order valence-electron chi connectivity index (χ1n) is 14.1. The first-order chi connectivity index (χ1) is 19.0. The van der Waals surface area contributed by atoms with Crippen LogP contribution < -0.4 is 9.64 Å². The van der Waals surface area contributed by atoms with Crippen LogP contribution in [-0.2, 0) is 9.47 Å². The number of ether oxygens (including phenoxy) is 3. The van der Waals surface area contributed by atoms with Gasteiger partial charge in [-0.05, 0) is 91.0 Å². The largest absolute Gasteiger partial charge is 0.463 e. The highest BCUT2D eigenvalue weighted by atomic mass is 127. The van der Waals surface area contributed by atoms with Crippen LogP contribution in [0.15, 0.2) is 10.5 Å². The average Bonchev–Trinajstić information content (AvgIpc) is 3.61. The summed E-state index contributed by atoms with van der Waals surface area (Å²) in [4.78, 5) is 29.2. The maximum Gasteiger partial charge on any atom is 0.410 e. The highest BCUT2D eigenvalue weighted by molar-refractivity contribution is 14.1. The van der Waals surface area contributed by atoms with Gasteiger partial charge in [-0.15, -0.1) is 0 Å². The number of amides is 1. The molecule has 1 saturated carbocycles. The Labute approximate surface area is 256 Å². The molecule has 2 atom stereocenters. The van der Waals surface area contributed by atoms with Crippen LogP contribution in [0.5, 0.6) is 6.01 Å². The summed E-state index contributed by atoms with van der Waals surface area (Å²) in [5.41, 5.74) is 0.226. The number of hydrogen-bond donors (Lipinski definition) is 0. The number of halogens is 3. The third kappa shape index (κ3) is 5.87. The van der Waals surface area contributed by atoms with E-state index < -0.39 is 5.60 Å². The maximum absolute atomic E-state index is 14.9. The van der Waals surface area contributed by atoms with E-state index in [4.69, 9.17) is 24.2 Å².